The lowest BCUT2D eigenvalue weighted by atomic mass is 10.1. The van der Waals surface area contributed by atoms with Crippen LogP contribution in [-0.2, 0) is 17.9 Å². The Hall–Kier alpha value is -2.37. The maximum atomic E-state index is 13.0. The van der Waals surface area contributed by atoms with E-state index in [0.29, 0.717) is 6.54 Å². The van der Waals surface area contributed by atoms with Crippen LogP contribution in [0.3, 0.4) is 0 Å². The summed E-state index contributed by atoms with van der Waals surface area (Å²) < 4.78 is 5.44. The molecule has 1 aliphatic heterocycles. The van der Waals surface area contributed by atoms with Gasteiger partial charge in [0.15, 0.2) is 0 Å². The molecule has 1 saturated heterocycles. The SMILES string of the molecule is COc1ccccc1CN(C)C(C)C(=O)N1CCN(Cc2ccccc2)CC1. The third-order valence-corrected chi connectivity index (χ3v) is 5.56. The van der Waals surface area contributed by atoms with Gasteiger partial charge in [-0.25, -0.2) is 0 Å². The van der Waals surface area contributed by atoms with Crippen LogP contribution in [0.4, 0.5) is 0 Å². The van der Waals surface area contributed by atoms with Crippen molar-refractivity contribution in [2.24, 2.45) is 0 Å². The lowest BCUT2D eigenvalue weighted by Crippen LogP contribution is -2.53. The van der Waals surface area contributed by atoms with Crippen LogP contribution >= 0.6 is 0 Å². The number of piperazine rings is 1. The molecule has 1 atom stereocenters. The predicted molar refractivity (Wildman–Crippen MR) is 112 cm³/mol. The zero-order chi connectivity index (χ0) is 19.9. The number of methoxy groups -OCH3 is 1. The van der Waals surface area contributed by atoms with Crippen LogP contribution in [0.5, 0.6) is 5.75 Å². The van der Waals surface area contributed by atoms with Crippen molar-refractivity contribution in [2.45, 2.75) is 26.1 Å². The number of rotatable bonds is 7. The standard InChI is InChI=1S/C23H31N3O2/c1-19(24(2)18-21-11-7-8-12-22(21)28-3)23(27)26-15-13-25(14-16-26)17-20-9-5-4-6-10-20/h4-12,19H,13-18H2,1-3H3. The average Bonchev–Trinajstić information content (AvgIpc) is 2.74. The molecule has 1 fully saturated rings. The number of carbonyl (C=O) groups is 1. The Morgan fingerprint density at radius 3 is 2.36 bits per heavy atom. The van der Waals surface area contributed by atoms with Crippen LogP contribution in [0.15, 0.2) is 54.6 Å². The van der Waals surface area contributed by atoms with E-state index in [-0.39, 0.29) is 11.9 Å². The van der Waals surface area contributed by atoms with Crippen molar-refractivity contribution >= 4 is 5.91 Å². The molecule has 5 heteroatoms. The Balaban J connectivity index is 1.51. The van der Waals surface area contributed by atoms with Gasteiger partial charge < -0.3 is 9.64 Å². The van der Waals surface area contributed by atoms with E-state index in [4.69, 9.17) is 4.74 Å². The number of para-hydroxylation sites is 1. The van der Waals surface area contributed by atoms with Gasteiger partial charge in [-0.05, 0) is 25.6 Å². The molecule has 1 amide bonds. The smallest absolute Gasteiger partial charge is 0.239 e. The highest BCUT2D eigenvalue weighted by atomic mass is 16.5. The Morgan fingerprint density at radius 2 is 1.68 bits per heavy atom. The largest absolute Gasteiger partial charge is 0.496 e. The molecule has 1 unspecified atom stereocenters. The number of carbonyl (C=O) groups excluding carboxylic acids is 1. The summed E-state index contributed by atoms with van der Waals surface area (Å²) in [5.41, 5.74) is 2.42. The second-order valence-corrected chi connectivity index (χ2v) is 7.49. The highest BCUT2D eigenvalue weighted by Gasteiger charge is 2.27. The van der Waals surface area contributed by atoms with Gasteiger partial charge in [0.2, 0.25) is 5.91 Å². The van der Waals surface area contributed by atoms with Gasteiger partial charge in [0.05, 0.1) is 13.2 Å². The van der Waals surface area contributed by atoms with Gasteiger partial charge in [-0.2, -0.15) is 0 Å². The fourth-order valence-corrected chi connectivity index (χ4v) is 3.66. The first-order chi connectivity index (χ1) is 13.6. The van der Waals surface area contributed by atoms with E-state index in [9.17, 15) is 4.79 Å². The van der Waals surface area contributed by atoms with E-state index in [1.165, 1.54) is 5.56 Å². The molecule has 1 aliphatic rings. The molecule has 0 N–H and O–H groups in total. The second-order valence-electron chi connectivity index (χ2n) is 7.49. The molecule has 28 heavy (non-hydrogen) atoms. The Kier molecular flexibility index (Phi) is 7.06. The van der Waals surface area contributed by atoms with Gasteiger partial charge in [-0.1, -0.05) is 48.5 Å². The summed E-state index contributed by atoms with van der Waals surface area (Å²) in [7, 11) is 3.68. The molecule has 0 aliphatic carbocycles. The summed E-state index contributed by atoms with van der Waals surface area (Å²) in [5, 5.41) is 0. The van der Waals surface area contributed by atoms with Gasteiger partial charge in [0, 0.05) is 44.8 Å². The molecule has 2 aromatic carbocycles. The monoisotopic (exact) mass is 381 g/mol. The lowest BCUT2D eigenvalue weighted by Gasteiger charge is -2.37. The molecule has 150 valence electrons. The van der Waals surface area contributed by atoms with E-state index >= 15 is 0 Å². The van der Waals surface area contributed by atoms with Gasteiger partial charge in [0.1, 0.15) is 5.75 Å². The van der Waals surface area contributed by atoms with E-state index in [1.807, 2.05) is 43.1 Å². The van der Waals surface area contributed by atoms with E-state index in [2.05, 4.69) is 40.1 Å². The minimum absolute atomic E-state index is 0.161. The Labute approximate surface area is 168 Å². The van der Waals surface area contributed by atoms with Gasteiger partial charge >= 0.3 is 0 Å². The van der Waals surface area contributed by atoms with Gasteiger partial charge in [-0.3, -0.25) is 14.6 Å². The maximum Gasteiger partial charge on any atom is 0.239 e. The maximum absolute atomic E-state index is 13.0. The number of amides is 1. The summed E-state index contributed by atoms with van der Waals surface area (Å²) in [4.78, 5) is 19.5. The van der Waals surface area contributed by atoms with Gasteiger partial charge in [-0.15, -0.1) is 0 Å². The first-order valence-corrected chi connectivity index (χ1v) is 9.95. The van der Waals surface area contributed by atoms with Crippen molar-refractivity contribution in [3.63, 3.8) is 0 Å². The molecule has 5 nitrogen and oxygen atoms in total. The molecule has 0 radical (unpaired) electrons. The molecule has 0 saturated carbocycles. The lowest BCUT2D eigenvalue weighted by molar-refractivity contribution is -0.138. The van der Waals surface area contributed by atoms with Crippen LogP contribution in [0.1, 0.15) is 18.1 Å². The average molecular weight is 382 g/mol. The third kappa shape index (κ3) is 5.12. The van der Waals surface area contributed by atoms with Gasteiger partial charge in [0.25, 0.3) is 0 Å². The normalized spacial score (nSPS) is 16.2. The first kappa shape index (κ1) is 20.4. The number of nitrogens with zero attached hydrogens (tertiary/aromatic N) is 3. The molecular formula is C23H31N3O2. The van der Waals surface area contributed by atoms with Crippen molar-refractivity contribution in [3.05, 3.63) is 65.7 Å². The highest BCUT2D eigenvalue weighted by Crippen LogP contribution is 2.20. The van der Waals surface area contributed by atoms with Crippen molar-refractivity contribution in [1.82, 2.24) is 14.7 Å². The van der Waals surface area contributed by atoms with Crippen LogP contribution in [-0.4, -0.2) is 67.0 Å². The van der Waals surface area contributed by atoms with Crippen molar-refractivity contribution < 1.29 is 9.53 Å². The molecule has 0 bridgehead atoms. The Bertz CT molecular complexity index is 757. The molecule has 2 aromatic rings. The van der Waals surface area contributed by atoms with Crippen LogP contribution in [0, 0.1) is 0 Å². The number of ether oxygens (including phenoxy) is 1. The minimum atomic E-state index is -0.161. The summed E-state index contributed by atoms with van der Waals surface area (Å²) in [6.07, 6.45) is 0. The molecule has 0 spiro atoms. The minimum Gasteiger partial charge on any atom is -0.496 e. The van der Waals surface area contributed by atoms with E-state index in [0.717, 1.165) is 44.0 Å². The zero-order valence-electron chi connectivity index (χ0n) is 17.2. The molecular weight excluding hydrogens is 350 g/mol. The van der Waals surface area contributed by atoms with E-state index in [1.54, 1.807) is 7.11 Å². The summed E-state index contributed by atoms with van der Waals surface area (Å²) in [6, 6.07) is 18.3. The van der Waals surface area contributed by atoms with Crippen LogP contribution < -0.4 is 4.74 Å². The first-order valence-electron chi connectivity index (χ1n) is 9.95. The second kappa shape index (κ2) is 9.71. The fraction of sp³-hybridized carbons (Fsp3) is 0.435. The predicted octanol–water partition coefficient (Wildman–Crippen LogP) is 2.86. The number of hydrogen-bond donors (Lipinski definition) is 0. The molecule has 1 heterocycles. The van der Waals surface area contributed by atoms with Crippen molar-refractivity contribution in [2.75, 3.05) is 40.3 Å². The summed E-state index contributed by atoms with van der Waals surface area (Å²) in [6.45, 7) is 7.05. The van der Waals surface area contributed by atoms with Crippen LogP contribution in [0.25, 0.3) is 0 Å². The zero-order valence-corrected chi connectivity index (χ0v) is 17.2. The number of benzene rings is 2. The van der Waals surface area contributed by atoms with Crippen molar-refractivity contribution in [1.29, 1.82) is 0 Å². The number of likely N-dealkylation sites (N-methyl/N-ethyl adjacent to an activating group) is 1. The topological polar surface area (TPSA) is 36.0 Å². The van der Waals surface area contributed by atoms with E-state index < -0.39 is 0 Å². The molecule has 3 rings (SSSR count). The third-order valence-electron chi connectivity index (χ3n) is 5.56. The highest BCUT2D eigenvalue weighted by molar-refractivity contribution is 5.81. The fourth-order valence-electron chi connectivity index (χ4n) is 3.66. The summed E-state index contributed by atoms with van der Waals surface area (Å²) in [5.74, 6) is 1.07. The van der Waals surface area contributed by atoms with Crippen LogP contribution in [0.2, 0.25) is 0 Å². The van der Waals surface area contributed by atoms with Crippen molar-refractivity contribution in [3.8, 4) is 5.75 Å². The Morgan fingerprint density at radius 1 is 1.04 bits per heavy atom. The number of hydrogen-bond acceptors (Lipinski definition) is 4. The summed E-state index contributed by atoms with van der Waals surface area (Å²) >= 11 is 0. The quantitative estimate of drug-likeness (QED) is 0.739. The molecule has 0 aromatic heterocycles.